The van der Waals surface area contributed by atoms with Crippen LogP contribution in [-0.2, 0) is 10.0 Å². The number of hydrogen-bond donors (Lipinski definition) is 1. The zero-order chi connectivity index (χ0) is 16.4. The Morgan fingerprint density at radius 3 is 2.70 bits per heavy atom. The number of hydrogen-bond acceptors (Lipinski definition) is 4. The monoisotopic (exact) mass is 397 g/mol. The first-order valence-electron chi connectivity index (χ1n) is 7.77. The number of nitrogens with zero attached hydrogens (tertiary/aromatic N) is 2. The third-order valence-electron chi connectivity index (χ3n) is 4.25. The van der Waals surface area contributed by atoms with E-state index < -0.39 is 10.0 Å². The first kappa shape index (κ1) is 16.5. The number of guanidine groups is 1. The number of aliphatic imine (C=N–C) groups is 1. The van der Waals surface area contributed by atoms with Crippen LogP contribution in [0.25, 0.3) is 0 Å². The molecule has 0 amide bonds. The van der Waals surface area contributed by atoms with Gasteiger partial charge in [0.05, 0.1) is 11.4 Å². The van der Waals surface area contributed by atoms with Crippen LogP contribution in [0.2, 0.25) is 0 Å². The van der Waals surface area contributed by atoms with Gasteiger partial charge in [-0.25, -0.2) is 18.1 Å². The van der Waals surface area contributed by atoms with Crippen LogP contribution >= 0.6 is 15.9 Å². The van der Waals surface area contributed by atoms with Gasteiger partial charge in [-0.1, -0.05) is 47.8 Å². The average Bonchev–Trinajstić information content (AvgIpc) is 2.88. The summed E-state index contributed by atoms with van der Waals surface area (Å²) in [5.41, 5.74) is 0.865. The van der Waals surface area contributed by atoms with Gasteiger partial charge in [-0.05, 0) is 31.0 Å². The van der Waals surface area contributed by atoms with Crippen molar-refractivity contribution in [3.8, 4) is 0 Å². The van der Waals surface area contributed by atoms with Crippen molar-refractivity contribution in [3.63, 3.8) is 0 Å². The van der Waals surface area contributed by atoms with Gasteiger partial charge in [0.15, 0.2) is 0 Å². The van der Waals surface area contributed by atoms with E-state index in [1.807, 2.05) is 4.90 Å². The highest BCUT2D eigenvalue weighted by atomic mass is 79.9. The normalized spacial score (nSPS) is 19.8. The van der Waals surface area contributed by atoms with Gasteiger partial charge in [0.1, 0.15) is 0 Å². The first-order valence-corrected chi connectivity index (χ1v) is 10.0. The second-order valence-corrected chi connectivity index (χ2v) is 8.53. The predicted molar refractivity (Wildman–Crippen MR) is 94.6 cm³/mol. The molecule has 1 aliphatic carbocycles. The summed E-state index contributed by atoms with van der Waals surface area (Å²) in [6, 6.07) is 6.94. The van der Waals surface area contributed by atoms with Crippen molar-refractivity contribution in [3.05, 3.63) is 41.0 Å². The summed E-state index contributed by atoms with van der Waals surface area (Å²) in [6.45, 7) is 4.50. The Labute approximate surface area is 145 Å². The fourth-order valence-electron chi connectivity index (χ4n) is 3.13. The second kappa shape index (κ2) is 6.65. The number of rotatable bonds is 3. The van der Waals surface area contributed by atoms with Gasteiger partial charge in [0, 0.05) is 16.2 Å². The van der Waals surface area contributed by atoms with Crippen molar-refractivity contribution < 1.29 is 8.42 Å². The molecule has 0 atom stereocenters. The van der Waals surface area contributed by atoms with E-state index in [1.165, 1.54) is 19.3 Å². The fraction of sp³-hybridized carbons (Fsp3) is 0.438. The summed E-state index contributed by atoms with van der Waals surface area (Å²) in [7, 11) is -3.65. The minimum atomic E-state index is -3.65. The molecular weight excluding hydrogens is 378 g/mol. The van der Waals surface area contributed by atoms with Crippen molar-refractivity contribution in [2.75, 3.05) is 6.54 Å². The van der Waals surface area contributed by atoms with E-state index in [9.17, 15) is 8.42 Å². The maximum atomic E-state index is 12.6. The molecule has 5 nitrogen and oxygen atoms in total. The molecule has 1 aromatic carbocycles. The highest BCUT2D eigenvalue weighted by molar-refractivity contribution is 9.10. The third-order valence-corrected chi connectivity index (χ3v) is 6.07. The molecule has 0 aromatic heterocycles. The Balaban J connectivity index is 1.81. The summed E-state index contributed by atoms with van der Waals surface area (Å²) >= 11 is 3.30. The van der Waals surface area contributed by atoms with Crippen LogP contribution in [0.4, 0.5) is 0 Å². The summed E-state index contributed by atoms with van der Waals surface area (Å²) < 4.78 is 28.6. The Hall–Kier alpha value is -1.34. The molecule has 0 bridgehead atoms. The topological polar surface area (TPSA) is 61.8 Å². The SMILES string of the molecule is C=C1CN=C(NS(=O)(=O)c2cccc(Br)c2)N1C1CCCCC1. The van der Waals surface area contributed by atoms with Crippen LogP contribution in [-0.4, -0.2) is 31.9 Å². The minimum Gasteiger partial charge on any atom is -0.311 e. The highest BCUT2D eigenvalue weighted by Gasteiger charge is 2.32. The van der Waals surface area contributed by atoms with Crippen LogP contribution in [0.15, 0.2) is 50.9 Å². The highest BCUT2D eigenvalue weighted by Crippen LogP contribution is 2.28. The molecule has 0 unspecified atom stereocenters. The maximum absolute atomic E-state index is 12.6. The van der Waals surface area contributed by atoms with Gasteiger partial charge < -0.3 is 4.90 Å². The molecule has 1 aliphatic heterocycles. The van der Waals surface area contributed by atoms with E-state index in [0.717, 1.165) is 23.0 Å². The Kier molecular flexibility index (Phi) is 4.77. The first-order chi connectivity index (χ1) is 11.0. The lowest BCUT2D eigenvalue weighted by Gasteiger charge is -2.33. The molecule has 1 fully saturated rings. The fourth-order valence-corrected chi connectivity index (χ4v) is 4.75. The molecule has 3 rings (SSSR count). The van der Waals surface area contributed by atoms with E-state index in [4.69, 9.17) is 0 Å². The summed E-state index contributed by atoms with van der Waals surface area (Å²) in [4.78, 5) is 6.55. The molecular formula is C16H20BrN3O2S. The average molecular weight is 398 g/mol. The molecule has 124 valence electrons. The molecule has 1 aromatic rings. The van der Waals surface area contributed by atoms with Crippen LogP contribution in [0.3, 0.4) is 0 Å². The molecule has 0 spiro atoms. The molecule has 0 radical (unpaired) electrons. The maximum Gasteiger partial charge on any atom is 0.264 e. The zero-order valence-corrected chi connectivity index (χ0v) is 15.2. The second-order valence-electron chi connectivity index (χ2n) is 5.93. The van der Waals surface area contributed by atoms with Gasteiger partial charge in [0.25, 0.3) is 10.0 Å². The van der Waals surface area contributed by atoms with Gasteiger partial charge >= 0.3 is 0 Å². The van der Waals surface area contributed by atoms with E-state index in [1.54, 1.807) is 24.3 Å². The van der Waals surface area contributed by atoms with Crippen molar-refractivity contribution >= 4 is 31.9 Å². The van der Waals surface area contributed by atoms with Crippen LogP contribution < -0.4 is 4.72 Å². The zero-order valence-electron chi connectivity index (χ0n) is 12.8. The Morgan fingerprint density at radius 2 is 2.00 bits per heavy atom. The van der Waals surface area contributed by atoms with E-state index in [-0.39, 0.29) is 4.90 Å². The molecule has 2 aliphatic rings. The Morgan fingerprint density at radius 1 is 1.26 bits per heavy atom. The Bertz CT molecular complexity index is 739. The lowest BCUT2D eigenvalue weighted by molar-refractivity contribution is 0.288. The number of nitrogens with one attached hydrogen (secondary N) is 1. The van der Waals surface area contributed by atoms with Crippen LogP contribution in [0.1, 0.15) is 32.1 Å². The summed E-state index contributed by atoms with van der Waals surface area (Å²) in [5.74, 6) is 0.405. The largest absolute Gasteiger partial charge is 0.311 e. The van der Waals surface area contributed by atoms with Crippen molar-refractivity contribution in [2.24, 2.45) is 4.99 Å². The van der Waals surface area contributed by atoms with Gasteiger partial charge in [-0.15, -0.1) is 0 Å². The van der Waals surface area contributed by atoms with E-state index >= 15 is 0 Å². The molecule has 0 saturated heterocycles. The predicted octanol–water partition coefficient (Wildman–Crippen LogP) is 3.25. The molecule has 1 heterocycles. The minimum absolute atomic E-state index is 0.218. The van der Waals surface area contributed by atoms with Gasteiger partial charge in [-0.2, -0.15) is 0 Å². The van der Waals surface area contributed by atoms with Crippen LogP contribution in [0, 0.1) is 0 Å². The lowest BCUT2D eigenvalue weighted by atomic mass is 9.94. The number of halogens is 1. The molecule has 23 heavy (non-hydrogen) atoms. The smallest absolute Gasteiger partial charge is 0.264 e. The van der Waals surface area contributed by atoms with E-state index in [2.05, 4.69) is 32.2 Å². The molecule has 1 N–H and O–H groups in total. The molecule has 7 heteroatoms. The van der Waals surface area contributed by atoms with Gasteiger partial charge in [-0.3, -0.25) is 0 Å². The van der Waals surface area contributed by atoms with E-state index in [0.29, 0.717) is 18.5 Å². The van der Waals surface area contributed by atoms with Crippen molar-refractivity contribution in [2.45, 2.75) is 43.0 Å². The summed E-state index contributed by atoms with van der Waals surface area (Å²) in [5, 5.41) is 0. The lowest BCUT2D eigenvalue weighted by Crippen LogP contribution is -2.46. The number of sulfonamides is 1. The van der Waals surface area contributed by atoms with Gasteiger partial charge in [0.2, 0.25) is 5.96 Å². The molecule has 1 saturated carbocycles. The standard InChI is InChI=1S/C16H20BrN3O2S/c1-12-11-18-16(20(12)14-7-3-2-4-8-14)19-23(21,22)15-9-5-6-13(17)10-15/h5-6,9-10,14H,1-4,7-8,11H2,(H,18,19). The quantitative estimate of drug-likeness (QED) is 0.851. The summed E-state index contributed by atoms with van der Waals surface area (Å²) in [6.07, 6.45) is 5.68. The van der Waals surface area contributed by atoms with Crippen molar-refractivity contribution in [1.82, 2.24) is 9.62 Å². The van der Waals surface area contributed by atoms with Crippen molar-refractivity contribution in [1.29, 1.82) is 0 Å². The number of benzene rings is 1. The third kappa shape index (κ3) is 3.61. The van der Waals surface area contributed by atoms with Crippen LogP contribution in [0.5, 0.6) is 0 Å².